The fraction of sp³-hybridized carbons (Fsp3) is 0.286. The third-order valence-corrected chi connectivity index (χ3v) is 3.66. The van der Waals surface area contributed by atoms with Gasteiger partial charge in [0.25, 0.3) is 0 Å². The van der Waals surface area contributed by atoms with Gasteiger partial charge in [0.15, 0.2) is 5.78 Å². The molecule has 0 unspecified atom stereocenters. The third kappa shape index (κ3) is 3.25. The molecule has 0 fully saturated rings. The largest absolute Gasteiger partial charge is 0.294 e. The van der Waals surface area contributed by atoms with Crippen LogP contribution in [-0.4, -0.2) is 15.6 Å². The number of aryl methyl sites for hydroxylation is 2. The summed E-state index contributed by atoms with van der Waals surface area (Å²) in [6.45, 7) is 4.68. The molecule has 0 aliphatic heterocycles. The lowest BCUT2D eigenvalue weighted by molar-refractivity contribution is 0.0990. The fourth-order valence-corrected chi connectivity index (χ4v) is 2.77. The molecule has 0 amide bonds. The maximum atomic E-state index is 12.3. The molecule has 0 bridgehead atoms. The van der Waals surface area contributed by atoms with Gasteiger partial charge in [-0.1, -0.05) is 27.5 Å². The molecule has 100 valence electrons. The van der Waals surface area contributed by atoms with Gasteiger partial charge in [0.1, 0.15) is 0 Å². The number of halogens is 2. The van der Waals surface area contributed by atoms with Crippen LogP contribution in [0.25, 0.3) is 0 Å². The Morgan fingerprint density at radius 3 is 2.79 bits per heavy atom. The molecule has 0 spiro atoms. The number of hydrogen-bond donors (Lipinski definition) is 0. The number of nitrogens with zero attached hydrogens (tertiary/aromatic N) is 2. The molecule has 0 atom stereocenters. The Bertz CT molecular complexity index is 622. The SMILES string of the molecule is CCn1nc(C)cc1CC(=O)c1ccc(Br)cc1Cl. The lowest BCUT2D eigenvalue weighted by Gasteiger charge is -2.06. The normalized spacial score (nSPS) is 10.7. The standard InChI is InChI=1S/C14H14BrClN2O/c1-3-18-11(6-9(2)17-18)8-14(19)12-5-4-10(15)7-13(12)16/h4-7H,3,8H2,1-2H3. The molecule has 0 saturated heterocycles. The van der Waals surface area contributed by atoms with Gasteiger partial charge in [0, 0.05) is 22.3 Å². The Labute approximate surface area is 125 Å². The molecule has 2 rings (SSSR count). The van der Waals surface area contributed by atoms with Crippen molar-refractivity contribution in [1.29, 1.82) is 0 Å². The molecule has 19 heavy (non-hydrogen) atoms. The first-order valence-corrected chi connectivity index (χ1v) is 7.20. The van der Waals surface area contributed by atoms with Crippen LogP contribution >= 0.6 is 27.5 Å². The van der Waals surface area contributed by atoms with Gasteiger partial charge in [0.2, 0.25) is 0 Å². The van der Waals surface area contributed by atoms with E-state index in [0.717, 1.165) is 22.4 Å². The molecule has 1 aromatic carbocycles. The summed E-state index contributed by atoms with van der Waals surface area (Å²) in [6, 6.07) is 7.24. The minimum atomic E-state index is 0.00657. The first kappa shape index (κ1) is 14.3. The van der Waals surface area contributed by atoms with Gasteiger partial charge in [-0.25, -0.2) is 0 Å². The van der Waals surface area contributed by atoms with Gasteiger partial charge in [0.05, 0.1) is 17.1 Å². The molecule has 1 heterocycles. The van der Waals surface area contributed by atoms with Gasteiger partial charge in [-0.3, -0.25) is 9.48 Å². The number of carbonyl (C=O) groups excluding carboxylic acids is 1. The number of Topliss-reactive ketones (excluding diaryl/α,β-unsaturated/α-hetero) is 1. The van der Waals surface area contributed by atoms with E-state index in [2.05, 4.69) is 21.0 Å². The zero-order valence-corrected chi connectivity index (χ0v) is 13.1. The maximum absolute atomic E-state index is 12.3. The van der Waals surface area contributed by atoms with Crippen molar-refractivity contribution in [3.63, 3.8) is 0 Å². The van der Waals surface area contributed by atoms with Crippen molar-refractivity contribution in [2.45, 2.75) is 26.8 Å². The van der Waals surface area contributed by atoms with Crippen molar-refractivity contribution in [3.8, 4) is 0 Å². The van der Waals surface area contributed by atoms with Crippen LogP contribution in [0, 0.1) is 6.92 Å². The lowest BCUT2D eigenvalue weighted by atomic mass is 10.1. The topological polar surface area (TPSA) is 34.9 Å². The molecule has 2 aromatic rings. The van der Waals surface area contributed by atoms with Crippen LogP contribution in [-0.2, 0) is 13.0 Å². The van der Waals surface area contributed by atoms with Crippen molar-refractivity contribution in [3.05, 3.63) is 50.7 Å². The molecule has 3 nitrogen and oxygen atoms in total. The van der Waals surface area contributed by atoms with Gasteiger partial charge < -0.3 is 0 Å². The number of benzene rings is 1. The summed E-state index contributed by atoms with van der Waals surface area (Å²) in [5.74, 6) is 0.00657. The summed E-state index contributed by atoms with van der Waals surface area (Å²) >= 11 is 9.42. The Morgan fingerprint density at radius 2 is 2.16 bits per heavy atom. The quantitative estimate of drug-likeness (QED) is 0.786. The minimum Gasteiger partial charge on any atom is -0.294 e. The highest BCUT2D eigenvalue weighted by Gasteiger charge is 2.14. The number of ketones is 1. The molecule has 0 N–H and O–H groups in total. The Morgan fingerprint density at radius 1 is 1.42 bits per heavy atom. The van der Waals surface area contributed by atoms with Crippen LogP contribution in [0.2, 0.25) is 5.02 Å². The summed E-state index contributed by atoms with van der Waals surface area (Å²) in [5, 5.41) is 4.81. The van der Waals surface area contributed by atoms with Gasteiger partial charge in [-0.2, -0.15) is 5.10 Å². The van der Waals surface area contributed by atoms with E-state index in [1.54, 1.807) is 12.1 Å². The summed E-state index contributed by atoms with van der Waals surface area (Å²) in [7, 11) is 0. The van der Waals surface area contributed by atoms with Crippen molar-refractivity contribution >= 4 is 33.3 Å². The van der Waals surface area contributed by atoms with E-state index in [-0.39, 0.29) is 5.78 Å². The second kappa shape index (κ2) is 5.88. The molecular weight excluding hydrogens is 328 g/mol. The van der Waals surface area contributed by atoms with E-state index in [0.29, 0.717) is 17.0 Å². The van der Waals surface area contributed by atoms with E-state index in [4.69, 9.17) is 11.6 Å². The molecule has 1 aromatic heterocycles. The van der Waals surface area contributed by atoms with Crippen molar-refractivity contribution in [1.82, 2.24) is 9.78 Å². The first-order valence-electron chi connectivity index (χ1n) is 6.03. The number of hydrogen-bond acceptors (Lipinski definition) is 2. The van der Waals surface area contributed by atoms with Gasteiger partial charge in [-0.05, 0) is 38.1 Å². The lowest BCUT2D eigenvalue weighted by Crippen LogP contribution is -2.10. The third-order valence-electron chi connectivity index (χ3n) is 2.86. The fourth-order valence-electron chi connectivity index (χ4n) is 1.99. The average molecular weight is 342 g/mol. The Balaban J connectivity index is 2.25. The minimum absolute atomic E-state index is 0.00657. The van der Waals surface area contributed by atoms with Crippen LogP contribution in [0.1, 0.15) is 28.7 Å². The Kier molecular flexibility index (Phi) is 4.42. The van der Waals surface area contributed by atoms with Crippen LogP contribution in [0.5, 0.6) is 0 Å². The van der Waals surface area contributed by atoms with Crippen LogP contribution in [0.4, 0.5) is 0 Å². The van der Waals surface area contributed by atoms with Crippen LogP contribution in [0.3, 0.4) is 0 Å². The van der Waals surface area contributed by atoms with Gasteiger partial charge in [-0.15, -0.1) is 0 Å². The van der Waals surface area contributed by atoms with E-state index < -0.39 is 0 Å². The molecular formula is C14H14BrClN2O. The first-order chi connectivity index (χ1) is 9.01. The van der Waals surface area contributed by atoms with E-state index >= 15 is 0 Å². The van der Waals surface area contributed by atoms with E-state index in [1.165, 1.54) is 0 Å². The maximum Gasteiger partial charge on any atom is 0.170 e. The number of carbonyl (C=O) groups is 1. The summed E-state index contributed by atoms with van der Waals surface area (Å²) in [4.78, 5) is 12.3. The van der Waals surface area contributed by atoms with E-state index in [1.807, 2.05) is 30.7 Å². The van der Waals surface area contributed by atoms with Gasteiger partial charge >= 0.3 is 0 Å². The summed E-state index contributed by atoms with van der Waals surface area (Å²) in [6.07, 6.45) is 0.316. The highest BCUT2D eigenvalue weighted by Crippen LogP contribution is 2.23. The van der Waals surface area contributed by atoms with E-state index in [9.17, 15) is 4.79 Å². The summed E-state index contributed by atoms with van der Waals surface area (Å²) in [5.41, 5.74) is 2.39. The zero-order valence-electron chi connectivity index (χ0n) is 10.8. The highest BCUT2D eigenvalue weighted by atomic mass is 79.9. The van der Waals surface area contributed by atoms with Crippen molar-refractivity contribution in [2.75, 3.05) is 0 Å². The smallest absolute Gasteiger partial charge is 0.170 e. The van der Waals surface area contributed by atoms with Crippen molar-refractivity contribution in [2.24, 2.45) is 0 Å². The van der Waals surface area contributed by atoms with Crippen LogP contribution in [0.15, 0.2) is 28.7 Å². The zero-order chi connectivity index (χ0) is 14.0. The van der Waals surface area contributed by atoms with Crippen molar-refractivity contribution < 1.29 is 4.79 Å². The predicted molar refractivity (Wildman–Crippen MR) is 79.8 cm³/mol. The highest BCUT2D eigenvalue weighted by molar-refractivity contribution is 9.10. The molecule has 0 radical (unpaired) electrons. The second-order valence-electron chi connectivity index (χ2n) is 4.32. The second-order valence-corrected chi connectivity index (χ2v) is 5.64. The average Bonchev–Trinajstić information content (AvgIpc) is 2.69. The molecule has 0 saturated carbocycles. The predicted octanol–water partition coefficient (Wildman–Crippen LogP) is 4.05. The molecule has 0 aliphatic rings. The number of rotatable bonds is 4. The molecule has 5 heteroatoms. The summed E-state index contributed by atoms with van der Waals surface area (Å²) < 4.78 is 2.71. The van der Waals surface area contributed by atoms with Crippen LogP contribution < -0.4 is 0 Å². The molecule has 0 aliphatic carbocycles. The monoisotopic (exact) mass is 340 g/mol. The number of aromatic nitrogens is 2. The Hall–Kier alpha value is -1.13.